The van der Waals surface area contributed by atoms with Gasteiger partial charge in [-0.1, -0.05) is 12.8 Å². The predicted octanol–water partition coefficient (Wildman–Crippen LogP) is 1.37. The van der Waals surface area contributed by atoms with Crippen LogP contribution in [0.25, 0.3) is 0 Å². The summed E-state index contributed by atoms with van der Waals surface area (Å²) in [5, 5.41) is 0. The van der Waals surface area contributed by atoms with Gasteiger partial charge >= 0.3 is 7.60 Å². The zero-order valence-electron chi connectivity index (χ0n) is 7.40. The fourth-order valence-electron chi connectivity index (χ4n) is 0.918. The van der Waals surface area contributed by atoms with E-state index >= 15 is 0 Å². The van der Waals surface area contributed by atoms with E-state index in [0.717, 1.165) is 25.9 Å². The summed E-state index contributed by atoms with van der Waals surface area (Å²) in [6, 6.07) is 0. The van der Waals surface area contributed by atoms with E-state index in [1.54, 1.807) is 7.11 Å². The normalized spacial score (nSPS) is 11.9. The standard InChI is InChI=1S/C7H17O4P/c1-11-6-4-2-3-5-7-12(8,9)10/h2-7H2,1H3,(H2,8,9,10). The van der Waals surface area contributed by atoms with Crippen molar-refractivity contribution in [2.24, 2.45) is 0 Å². The first-order valence-electron chi connectivity index (χ1n) is 4.10. The molecule has 0 aromatic heterocycles. The summed E-state index contributed by atoms with van der Waals surface area (Å²) in [5.74, 6) is 0. The Morgan fingerprint density at radius 1 is 1.17 bits per heavy atom. The van der Waals surface area contributed by atoms with Crippen molar-refractivity contribution < 1.29 is 19.1 Å². The Balaban J connectivity index is 3.06. The van der Waals surface area contributed by atoms with Crippen molar-refractivity contribution in [2.75, 3.05) is 19.9 Å². The zero-order chi connectivity index (χ0) is 9.45. The fourth-order valence-corrected chi connectivity index (χ4v) is 1.55. The minimum absolute atomic E-state index is 0.0139. The molecule has 0 aliphatic rings. The molecule has 0 aromatic carbocycles. The molecular formula is C7H17O4P. The van der Waals surface area contributed by atoms with Crippen molar-refractivity contribution >= 4 is 7.60 Å². The van der Waals surface area contributed by atoms with E-state index in [2.05, 4.69) is 0 Å². The number of ether oxygens (including phenoxy) is 1. The molecule has 5 heteroatoms. The molecule has 0 saturated carbocycles. The predicted molar refractivity (Wildman–Crippen MR) is 47.3 cm³/mol. The first-order chi connectivity index (χ1) is 5.56. The van der Waals surface area contributed by atoms with Crippen LogP contribution in [-0.4, -0.2) is 29.7 Å². The van der Waals surface area contributed by atoms with Gasteiger partial charge in [0, 0.05) is 19.9 Å². The third kappa shape index (κ3) is 10.1. The molecule has 0 saturated heterocycles. The molecule has 0 radical (unpaired) electrons. The summed E-state index contributed by atoms with van der Waals surface area (Å²) >= 11 is 0. The van der Waals surface area contributed by atoms with Crippen LogP contribution >= 0.6 is 7.60 Å². The van der Waals surface area contributed by atoms with Crippen LogP contribution in [0.15, 0.2) is 0 Å². The molecule has 0 aliphatic heterocycles. The van der Waals surface area contributed by atoms with Crippen LogP contribution in [0.4, 0.5) is 0 Å². The van der Waals surface area contributed by atoms with Crippen LogP contribution in [0, 0.1) is 0 Å². The van der Waals surface area contributed by atoms with Gasteiger partial charge in [-0.05, 0) is 12.8 Å². The lowest BCUT2D eigenvalue weighted by Crippen LogP contribution is -1.91. The van der Waals surface area contributed by atoms with E-state index in [1.807, 2.05) is 0 Å². The van der Waals surface area contributed by atoms with Crippen molar-refractivity contribution in [3.63, 3.8) is 0 Å². The molecule has 0 atom stereocenters. The average molecular weight is 196 g/mol. The quantitative estimate of drug-likeness (QED) is 0.476. The first kappa shape index (κ1) is 12.1. The highest BCUT2D eigenvalue weighted by Gasteiger charge is 2.10. The van der Waals surface area contributed by atoms with Crippen LogP contribution in [0.5, 0.6) is 0 Å². The van der Waals surface area contributed by atoms with E-state index in [0.29, 0.717) is 6.42 Å². The number of hydrogen-bond donors (Lipinski definition) is 2. The van der Waals surface area contributed by atoms with Crippen LogP contribution < -0.4 is 0 Å². The lowest BCUT2D eigenvalue weighted by atomic mass is 10.2. The van der Waals surface area contributed by atoms with Crippen molar-refractivity contribution in [1.82, 2.24) is 0 Å². The molecule has 12 heavy (non-hydrogen) atoms. The van der Waals surface area contributed by atoms with E-state index in [9.17, 15) is 4.57 Å². The summed E-state index contributed by atoms with van der Waals surface area (Å²) < 4.78 is 15.2. The monoisotopic (exact) mass is 196 g/mol. The molecule has 0 aliphatic carbocycles. The van der Waals surface area contributed by atoms with Crippen molar-refractivity contribution in [3.8, 4) is 0 Å². The molecule has 2 N–H and O–H groups in total. The molecule has 4 nitrogen and oxygen atoms in total. The maximum Gasteiger partial charge on any atom is 0.325 e. The molecule has 0 rings (SSSR count). The van der Waals surface area contributed by atoms with E-state index in [-0.39, 0.29) is 6.16 Å². The fraction of sp³-hybridized carbons (Fsp3) is 1.00. The minimum Gasteiger partial charge on any atom is -0.385 e. The molecule has 0 spiro atoms. The van der Waals surface area contributed by atoms with E-state index < -0.39 is 7.60 Å². The maximum atomic E-state index is 10.4. The number of methoxy groups -OCH3 is 1. The summed E-state index contributed by atoms with van der Waals surface area (Å²) in [4.78, 5) is 17.0. The summed E-state index contributed by atoms with van der Waals surface area (Å²) in [7, 11) is -2.10. The van der Waals surface area contributed by atoms with Crippen LogP contribution in [-0.2, 0) is 9.30 Å². The maximum absolute atomic E-state index is 10.4. The Morgan fingerprint density at radius 2 is 1.75 bits per heavy atom. The molecular weight excluding hydrogens is 179 g/mol. The second-order valence-corrected chi connectivity index (χ2v) is 4.57. The molecule has 0 amide bonds. The van der Waals surface area contributed by atoms with Crippen molar-refractivity contribution in [1.29, 1.82) is 0 Å². The molecule has 74 valence electrons. The highest BCUT2D eigenvalue weighted by molar-refractivity contribution is 7.51. The topological polar surface area (TPSA) is 66.8 Å². The van der Waals surface area contributed by atoms with Gasteiger partial charge in [0.05, 0.1) is 0 Å². The Labute approximate surface area is 73.1 Å². The van der Waals surface area contributed by atoms with E-state index in [1.165, 1.54) is 0 Å². The number of rotatable bonds is 7. The van der Waals surface area contributed by atoms with Crippen LogP contribution in [0.3, 0.4) is 0 Å². The largest absolute Gasteiger partial charge is 0.385 e. The third-order valence-corrected chi connectivity index (χ3v) is 2.45. The van der Waals surface area contributed by atoms with Gasteiger partial charge in [0.15, 0.2) is 0 Å². The van der Waals surface area contributed by atoms with Gasteiger partial charge in [0.2, 0.25) is 0 Å². The lowest BCUT2D eigenvalue weighted by molar-refractivity contribution is 0.192. The van der Waals surface area contributed by atoms with Gasteiger partial charge in [-0.2, -0.15) is 0 Å². The van der Waals surface area contributed by atoms with Gasteiger partial charge in [-0.15, -0.1) is 0 Å². The smallest absolute Gasteiger partial charge is 0.325 e. The highest BCUT2D eigenvalue weighted by Crippen LogP contribution is 2.35. The van der Waals surface area contributed by atoms with Gasteiger partial charge in [-0.3, -0.25) is 4.57 Å². The summed E-state index contributed by atoms with van der Waals surface area (Å²) in [5.41, 5.74) is 0. The Hall–Kier alpha value is 0.110. The summed E-state index contributed by atoms with van der Waals surface area (Å²) in [6.45, 7) is 0.732. The third-order valence-electron chi connectivity index (χ3n) is 1.55. The van der Waals surface area contributed by atoms with Gasteiger partial charge < -0.3 is 14.5 Å². The zero-order valence-corrected chi connectivity index (χ0v) is 8.30. The van der Waals surface area contributed by atoms with Gasteiger partial charge in [0.1, 0.15) is 0 Å². The first-order valence-corrected chi connectivity index (χ1v) is 5.89. The number of unbranched alkanes of at least 4 members (excludes halogenated alkanes) is 3. The second-order valence-electron chi connectivity index (χ2n) is 2.80. The number of hydrogen-bond acceptors (Lipinski definition) is 2. The second kappa shape index (κ2) is 6.61. The Morgan fingerprint density at radius 3 is 2.25 bits per heavy atom. The minimum atomic E-state index is -3.75. The lowest BCUT2D eigenvalue weighted by Gasteiger charge is -2.02. The van der Waals surface area contributed by atoms with Crippen LogP contribution in [0.1, 0.15) is 25.7 Å². The van der Waals surface area contributed by atoms with Gasteiger partial charge in [-0.25, -0.2) is 0 Å². The Kier molecular flexibility index (Phi) is 6.67. The van der Waals surface area contributed by atoms with E-state index in [4.69, 9.17) is 14.5 Å². The summed E-state index contributed by atoms with van der Waals surface area (Å²) in [6.07, 6.45) is 3.44. The molecule has 0 unspecified atom stereocenters. The molecule has 0 heterocycles. The average Bonchev–Trinajstić information content (AvgIpc) is 1.94. The molecule has 0 aromatic rings. The molecule has 0 bridgehead atoms. The van der Waals surface area contributed by atoms with Crippen molar-refractivity contribution in [2.45, 2.75) is 25.7 Å². The Bertz CT molecular complexity index is 142. The van der Waals surface area contributed by atoms with Crippen molar-refractivity contribution in [3.05, 3.63) is 0 Å². The molecule has 0 fully saturated rings. The van der Waals surface area contributed by atoms with Gasteiger partial charge in [0.25, 0.3) is 0 Å². The highest BCUT2D eigenvalue weighted by atomic mass is 31.2. The SMILES string of the molecule is COCCCCCCP(=O)(O)O. The van der Waals surface area contributed by atoms with Crippen LogP contribution in [0.2, 0.25) is 0 Å².